The van der Waals surface area contributed by atoms with Gasteiger partial charge in [0, 0.05) is 6.54 Å². The van der Waals surface area contributed by atoms with Gasteiger partial charge in [-0.3, -0.25) is 4.79 Å². The van der Waals surface area contributed by atoms with Gasteiger partial charge in [0.2, 0.25) is 0 Å². The first-order chi connectivity index (χ1) is 7.17. The van der Waals surface area contributed by atoms with Crippen LogP contribution in [-0.2, 0) is 16.0 Å². The molecular formula is C11H15ClFNO2. The maximum absolute atomic E-state index is 12.6. The van der Waals surface area contributed by atoms with Gasteiger partial charge >= 0.3 is 5.97 Å². The molecule has 5 heteroatoms. The number of nitrogens with two attached hydrogens (primary N) is 1. The molecule has 2 N–H and O–H groups in total. The van der Waals surface area contributed by atoms with Gasteiger partial charge in [-0.05, 0) is 24.1 Å². The van der Waals surface area contributed by atoms with Gasteiger partial charge < -0.3 is 10.5 Å². The van der Waals surface area contributed by atoms with Crippen molar-refractivity contribution >= 4 is 18.4 Å². The van der Waals surface area contributed by atoms with Crippen LogP contribution >= 0.6 is 12.4 Å². The van der Waals surface area contributed by atoms with E-state index >= 15 is 0 Å². The standard InChI is InChI=1S/C11H14FNO2.ClH/c1-15-11(14)9(7-13)6-8-2-4-10(12)5-3-8;/h2-5,9H,6-7,13H2,1H3;1H/t9-;/m0./s1. The second-order valence-electron chi connectivity index (χ2n) is 3.29. The molecule has 0 spiro atoms. The Morgan fingerprint density at radius 1 is 1.44 bits per heavy atom. The summed E-state index contributed by atoms with van der Waals surface area (Å²) in [6.07, 6.45) is 0.476. The second-order valence-corrected chi connectivity index (χ2v) is 3.29. The van der Waals surface area contributed by atoms with Gasteiger partial charge in [0.05, 0.1) is 13.0 Å². The first-order valence-electron chi connectivity index (χ1n) is 4.69. The van der Waals surface area contributed by atoms with Crippen LogP contribution in [0.15, 0.2) is 24.3 Å². The van der Waals surface area contributed by atoms with Crippen molar-refractivity contribution in [1.82, 2.24) is 0 Å². The number of benzene rings is 1. The van der Waals surface area contributed by atoms with E-state index in [-0.39, 0.29) is 36.7 Å². The maximum Gasteiger partial charge on any atom is 0.310 e. The third kappa shape index (κ3) is 4.16. The van der Waals surface area contributed by atoms with Gasteiger partial charge in [0.1, 0.15) is 5.82 Å². The summed E-state index contributed by atoms with van der Waals surface area (Å²) in [5.74, 6) is -0.983. The predicted molar refractivity (Wildman–Crippen MR) is 61.9 cm³/mol. The fraction of sp³-hybridized carbons (Fsp3) is 0.364. The Bertz CT molecular complexity index is 329. The Morgan fingerprint density at radius 3 is 2.44 bits per heavy atom. The molecule has 0 amide bonds. The number of esters is 1. The van der Waals surface area contributed by atoms with E-state index in [0.717, 1.165) is 5.56 Å². The molecule has 0 aliphatic rings. The summed E-state index contributed by atoms with van der Waals surface area (Å²) in [6.45, 7) is 0.226. The molecule has 0 aliphatic heterocycles. The Kier molecular flexibility index (Phi) is 6.69. The third-order valence-corrected chi connectivity index (χ3v) is 2.21. The van der Waals surface area contributed by atoms with Crippen LogP contribution < -0.4 is 5.73 Å². The molecule has 1 rings (SSSR count). The Morgan fingerprint density at radius 2 is 2.00 bits per heavy atom. The van der Waals surface area contributed by atoms with Crippen molar-refractivity contribution in [2.45, 2.75) is 6.42 Å². The van der Waals surface area contributed by atoms with Crippen LogP contribution in [0, 0.1) is 11.7 Å². The molecule has 16 heavy (non-hydrogen) atoms. The minimum atomic E-state index is -0.361. The van der Waals surface area contributed by atoms with Crippen LogP contribution in [0.3, 0.4) is 0 Å². The van der Waals surface area contributed by atoms with E-state index in [2.05, 4.69) is 4.74 Å². The Hall–Kier alpha value is -1.13. The molecule has 0 saturated carbocycles. The number of rotatable bonds is 4. The highest BCUT2D eigenvalue weighted by atomic mass is 35.5. The van der Waals surface area contributed by atoms with E-state index in [1.54, 1.807) is 12.1 Å². The van der Waals surface area contributed by atoms with Crippen molar-refractivity contribution in [2.24, 2.45) is 11.7 Å². The van der Waals surface area contributed by atoms with Gasteiger partial charge in [-0.1, -0.05) is 12.1 Å². The summed E-state index contributed by atoms with van der Waals surface area (Å²) in [5.41, 5.74) is 6.32. The summed E-state index contributed by atoms with van der Waals surface area (Å²) in [6, 6.07) is 6.00. The van der Waals surface area contributed by atoms with Crippen molar-refractivity contribution in [3.8, 4) is 0 Å². The zero-order chi connectivity index (χ0) is 11.3. The summed E-state index contributed by atoms with van der Waals surface area (Å²) in [5, 5.41) is 0. The zero-order valence-corrected chi connectivity index (χ0v) is 9.80. The zero-order valence-electron chi connectivity index (χ0n) is 8.98. The number of hydrogen-bond acceptors (Lipinski definition) is 3. The van der Waals surface area contributed by atoms with E-state index in [9.17, 15) is 9.18 Å². The van der Waals surface area contributed by atoms with Crippen molar-refractivity contribution in [3.63, 3.8) is 0 Å². The van der Waals surface area contributed by atoms with Gasteiger partial charge in [0.25, 0.3) is 0 Å². The van der Waals surface area contributed by atoms with Crippen LogP contribution in [0.1, 0.15) is 5.56 Å². The first-order valence-corrected chi connectivity index (χ1v) is 4.69. The lowest BCUT2D eigenvalue weighted by Gasteiger charge is -2.11. The fourth-order valence-electron chi connectivity index (χ4n) is 1.33. The van der Waals surface area contributed by atoms with Crippen LogP contribution in [0.4, 0.5) is 4.39 Å². The second kappa shape index (κ2) is 7.19. The van der Waals surface area contributed by atoms with Crippen molar-refractivity contribution in [1.29, 1.82) is 0 Å². The van der Waals surface area contributed by atoms with E-state index < -0.39 is 0 Å². The molecule has 0 fully saturated rings. The lowest BCUT2D eigenvalue weighted by atomic mass is 10.00. The predicted octanol–water partition coefficient (Wildman–Crippen LogP) is 1.54. The van der Waals surface area contributed by atoms with Crippen molar-refractivity contribution in [3.05, 3.63) is 35.6 Å². The number of hydrogen-bond donors (Lipinski definition) is 1. The van der Waals surface area contributed by atoms with Crippen LogP contribution in [0.2, 0.25) is 0 Å². The summed E-state index contributed by atoms with van der Waals surface area (Å²) in [4.78, 5) is 11.2. The number of carbonyl (C=O) groups is 1. The summed E-state index contributed by atoms with van der Waals surface area (Å²) >= 11 is 0. The van der Waals surface area contributed by atoms with E-state index in [1.165, 1.54) is 19.2 Å². The minimum absolute atomic E-state index is 0. The average Bonchev–Trinajstić information content (AvgIpc) is 2.27. The largest absolute Gasteiger partial charge is 0.469 e. The minimum Gasteiger partial charge on any atom is -0.469 e. The third-order valence-electron chi connectivity index (χ3n) is 2.21. The smallest absolute Gasteiger partial charge is 0.310 e. The molecule has 3 nitrogen and oxygen atoms in total. The highest BCUT2D eigenvalue weighted by Crippen LogP contribution is 2.10. The van der Waals surface area contributed by atoms with Crippen LogP contribution in [0.25, 0.3) is 0 Å². The van der Waals surface area contributed by atoms with Crippen molar-refractivity contribution < 1.29 is 13.9 Å². The fourth-order valence-corrected chi connectivity index (χ4v) is 1.33. The SMILES string of the molecule is COC(=O)[C@H](CN)Cc1ccc(F)cc1.Cl. The molecule has 1 aromatic carbocycles. The molecule has 0 heterocycles. The van der Waals surface area contributed by atoms with Crippen molar-refractivity contribution in [2.75, 3.05) is 13.7 Å². The molecule has 90 valence electrons. The monoisotopic (exact) mass is 247 g/mol. The van der Waals surface area contributed by atoms with E-state index in [4.69, 9.17) is 5.73 Å². The van der Waals surface area contributed by atoms with Gasteiger partial charge in [0.15, 0.2) is 0 Å². The van der Waals surface area contributed by atoms with Gasteiger partial charge in [-0.2, -0.15) is 0 Å². The molecule has 0 saturated heterocycles. The number of halogens is 2. The molecule has 1 aromatic rings. The molecule has 0 bridgehead atoms. The summed E-state index contributed by atoms with van der Waals surface area (Å²) < 4.78 is 17.2. The quantitative estimate of drug-likeness (QED) is 0.822. The molecule has 0 radical (unpaired) electrons. The van der Waals surface area contributed by atoms with Gasteiger partial charge in [-0.15, -0.1) is 12.4 Å². The molecule has 0 aliphatic carbocycles. The number of methoxy groups -OCH3 is 1. The Labute approximate surface area is 100 Å². The normalized spacial score (nSPS) is 11.4. The van der Waals surface area contributed by atoms with E-state index in [1.807, 2.05) is 0 Å². The first kappa shape index (κ1) is 14.9. The lowest BCUT2D eigenvalue weighted by Crippen LogP contribution is -2.26. The molecular weight excluding hydrogens is 233 g/mol. The topological polar surface area (TPSA) is 52.3 Å². The highest BCUT2D eigenvalue weighted by Gasteiger charge is 2.17. The number of ether oxygens (including phenoxy) is 1. The molecule has 0 aromatic heterocycles. The number of carbonyl (C=O) groups excluding carboxylic acids is 1. The summed E-state index contributed by atoms with van der Waals surface area (Å²) in [7, 11) is 1.33. The molecule has 0 unspecified atom stereocenters. The van der Waals surface area contributed by atoms with E-state index in [0.29, 0.717) is 6.42 Å². The van der Waals surface area contributed by atoms with Gasteiger partial charge in [-0.25, -0.2) is 4.39 Å². The maximum atomic E-state index is 12.6. The van der Waals surface area contributed by atoms with Crippen LogP contribution in [-0.4, -0.2) is 19.6 Å². The molecule has 1 atom stereocenters. The highest BCUT2D eigenvalue weighted by molar-refractivity contribution is 5.85. The average molecular weight is 248 g/mol. The Balaban J connectivity index is 0.00000225. The van der Waals surface area contributed by atoms with Crippen LogP contribution in [0.5, 0.6) is 0 Å². The lowest BCUT2D eigenvalue weighted by molar-refractivity contribution is -0.145.